The van der Waals surface area contributed by atoms with E-state index in [1.165, 1.54) is 0 Å². The lowest BCUT2D eigenvalue weighted by Gasteiger charge is -2.26. The van der Waals surface area contributed by atoms with Crippen LogP contribution in [0.2, 0.25) is 0 Å². The fourth-order valence-electron chi connectivity index (χ4n) is 4.67. The van der Waals surface area contributed by atoms with Crippen LogP contribution in [0, 0.1) is 18.8 Å². The molecule has 1 aliphatic rings. The van der Waals surface area contributed by atoms with E-state index in [0.29, 0.717) is 37.0 Å². The molecule has 1 fully saturated rings. The minimum atomic E-state index is -0.712. The van der Waals surface area contributed by atoms with Crippen molar-refractivity contribution in [1.82, 2.24) is 34.7 Å². The van der Waals surface area contributed by atoms with Crippen molar-refractivity contribution in [3.8, 4) is 22.8 Å². The minimum Gasteiger partial charge on any atom is -0.490 e. The smallest absolute Gasteiger partial charge is 0.306 e. The highest BCUT2D eigenvalue weighted by Gasteiger charge is 2.27. The van der Waals surface area contributed by atoms with Crippen molar-refractivity contribution < 1.29 is 14.6 Å². The van der Waals surface area contributed by atoms with Crippen LogP contribution in [0.1, 0.15) is 37.1 Å². The van der Waals surface area contributed by atoms with Gasteiger partial charge in [0.2, 0.25) is 0 Å². The molecule has 37 heavy (non-hydrogen) atoms. The summed E-state index contributed by atoms with van der Waals surface area (Å²) in [5.74, 6) is 1.06. The lowest BCUT2D eigenvalue weighted by atomic mass is 9.82. The first-order chi connectivity index (χ1) is 18.0. The fourth-order valence-corrected chi connectivity index (χ4v) is 4.67. The molecule has 0 spiro atoms. The SMILES string of the molecule is Cc1nc(-c2cnn(C)c2CNc2cnn(-c3ccccc3)n2)ncc1OC[C@H]1CCC[C@H](C(=O)O)C1. The van der Waals surface area contributed by atoms with Gasteiger partial charge in [-0.25, -0.2) is 9.97 Å². The van der Waals surface area contributed by atoms with Crippen LogP contribution in [-0.2, 0) is 18.4 Å². The van der Waals surface area contributed by atoms with Crippen molar-refractivity contribution in [2.45, 2.75) is 39.2 Å². The Labute approximate surface area is 214 Å². The third kappa shape index (κ3) is 5.60. The van der Waals surface area contributed by atoms with E-state index in [2.05, 4.69) is 30.6 Å². The van der Waals surface area contributed by atoms with E-state index in [9.17, 15) is 9.90 Å². The number of carbonyl (C=O) groups is 1. The van der Waals surface area contributed by atoms with Gasteiger partial charge >= 0.3 is 5.97 Å². The Bertz CT molecular complexity index is 1370. The molecule has 192 valence electrons. The zero-order valence-electron chi connectivity index (χ0n) is 20.9. The second-order valence-corrected chi connectivity index (χ2v) is 9.36. The molecule has 3 heterocycles. The highest BCUT2D eigenvalue weighted by molar-refractivity contribution is 5.70. The number of carboxylic acid groups (broad SMARTS) is 1. The molecule has 1 aliphatic carbocycles. The Kier molecular flexibility index (Phi) is 7.11. The normalized spacial score (nSPS) is 17.5. The molecule has 0 saturated heterocycles. The standard InChI is InChI=1S/C26H30N8O3/c1-17-23(37-16-18-7-6-8-19(11-18)26(35)36)14-28-25(31-17)21-12-29-33(2)22(21)13-27-24-15-30-34(32-24)20-9-4-3-5-10-20/h3-5,9-10,12,14-15,18-19H,6-8,11,13,16H2,1-2H3,(H,27,32)(H,35,36)/t18-,19-/m0/s1. The first-order valence-electron chi connectivity index (χ1n) is 12.4. The summed E-state index contributed by atoms with van der Waals surface area (Å²) in [6.45, 7) is 2.82. The van der Waals surface area contributed by atoms with Crippen LogP contribution in [0.25, 0.3) is 17.1 Å². The van der Waals surface area contributed by atoms with Crippen LogP contribution < -0.4 is 10.1 Å². The average Bonchev–Trinajstić information content (AvgIpc) is 3.54. The number of ether oxygens (including phenoxy) is 1. The van der Waals surface area contributed by atoms with Gasteiger partial charge in [-0.3, -0.25) is 9.48 Å². The van der Waals surface area contributed by atoms with Gasteiger partial charge in [-0.2, -0.15) is 10.2 Å². The molecule has 5 rings (SSSR count). The first kappa shape index (κ1) is 24.4. The molecular weight excluding hydrogens is 472 g/mol. The van der Waals surface area contributed by atoms with Gasteiger partial charge in [0.1, 0.15) is 0 Å². The number of benzene rings is 1. The molecule has 2 atom stereocenters. The molecular formula is C26H30N8O3. The number of aryl methyl sites for hydroxylation is 2. The van der Waals surface area contributed by atoms with Crippen molar-refractivity contribution in [2.75, 3.05) is 11.9 Å². The molecule has 11 heteroatoms. The number of anilines is 1. The number of para-hydroxylation sites is 1. The fraction of sp³-hybridized carbons (Fsp3) is 0.385. The van der Waals surface area contributed by atoms with E-state index in [0.717, 1.165) is 41.9 Å². The van der Waals surface area contributed by atoms with Crippen LogP contribution in [-0.4, -0.2) is 52.4 Å². The number of nitrogens with zero attached hydrogens (tertiary/aromatic N) is 7. The molecule has 0 bridgehead atoms. The van der Waals surface area contributed by atoms with Crippen molar-refractivity contribution in [2.24, 2.45) is 18.9 Å². The maximum absolute atomic E-state index is 11.3. The summed E-state index contributed by atoms with van der Waals surface area (Å²) in [4.78, 5) is 22.1. The molecule has 3 aromatic heterocycles. The quantitative estimate of drug-likeness (QED) is 0.352. The Hall–Kier alpha value is -4.28. The average molecular weight is 503 g/mol. The molecule has 0 radical (unpaired) electrons. The summed E-state index contributed by atoms with van der Waals surface area (Å²) in [5.41, 5.74) is 3.33. The summed E-state index contributed by atoms with van der Waals surface area (Å²) in [6, 6.07) is 9.72. The number of hydrogen-bond donors (Lipinski definition) is 2. The van der Waals surface area contributed by atoms with Crippen molar-refractivity contribution in [3.63, 3.8) is 0 Å². The van der Waals surface area contributed by atoms with E-state index in [-0.39, 0.29) is 11.8 Å². The van der Waals surface area contributed by atoms with Gasteiger partial charge < -0.3 is 15.2 Å². The molecule has 2 N–H and O–H groups in total. The first-order valence-corrected chi connectivity index (χ1v) is 12.4. The molecule has 1 aromatic carbocycles. The molecule has 0 amide bonds. The molecule has 0 unspecified atom stereocenters. The zero-order valence-corrected chi connectivity index (χ0v) is 20.9. The predicted octanol–water partition coefficient (Wildman–Crippen LogP) is 3.65. The number of rotatable bonds is 9. The van der Waals surface area contributed by atoms with E-state index in [1.54, 1.807) is 28.1 Å². The van der Waals surface area contributed by atoms with Crippen LogP contribution in [0.15, 0.2) is 48.9 Å². The second kappa shape index (κ2) is 10.8. The number of nitrogens with one attached hydrogen (secondary N) is 1. The van der Waals surface area contributed by atoms with E-state index in [4.69, 9.17) is 4.74 Å². The summed E-state index contributed by atoms with van der Waals surface area (Å²) >= 11 is 0. The minimum absolute atomic E-state index is 0.227. The number of aliphatic carboxylic acids is 1. The van der Waals surface area contributed by atoms with Gasteiger partial charge in [-0.05, 0) is 44.2 Å². The predicted molar refractivity (Wildman–Crippen MR) is 136 cm³/mol. The Morgan fingerprint density at radius 2 is 2.00 bits per heavy atom. The van der Waals surface area contributed by atoms with Gasteiger partial charge in [0.05, 0.1) is 60.3 Å². The van der Waals surface area contributed by atoms with Gasteiger partial charge in [-0.15, -0.1) is 9.90 Å². The van der Waals surface area contributed by atoms with Crippen LogP contribution in [0.4, 0.5) is 5.82 Å². The van der Waals surface area contributed by atoms with Gasteiger partial charge in [0.15, 0.2) is 17.4 Å². The number of carboxylic acids is 1. The van der Waals surface area contributed by atoms with Crippen molar-refractivity contribution >= 4 is 11.8 Å². The van der Waals surface area contributed by atoms with E-state index >= 15 is 0 Å². The maximum atomic E-state index is 11.3. The highest BCUT2D eigenvalue weighted by Crippen LogP contribution is 2.30. The van der Waals surface area contributed by atoms with Gasteiger partial charge in [0.25, 0.3) is 0 Å². The van der Waals surface area contributed by atoms with Gasteiger partial charge in [-0.1, -0.05) is 24.6 Å². The summed E-state index contributed by atoms with van der Waals surface area (Å²) in [5, 5.41) is 25.9. The Morgan fingerprint density at radius 1 is 1.16 bits per heavy atom. The molecule has 1 saturated carbocycles. The molecule has 4 aromatic rings. The highest BCUT2D eigenvalue weighted by atomic mass is 16.5. The third-order valence-corrected chi connectivity index (χ3v) is 6.76. The summed E-state index contributed by atoms with van der Waals surface area (Å²) in [7, 11) is 1.88. The lowest BCUT2D eigenvalue weighted by molar-refractivity contribution is -0.143. The monoisotopic (exact) mass is 502 g/mol. The van der Waals surface area contributed by atoms with E-state index < -0.39 is 5.97 Å². The zero-order chi connectivity index (χ0) is 25.8. The summed E-state index contributed by atoms with van der Waals surface area (Å²) in [6.07, 6.45) is 8.41. The summed E-state index contributed by atoms with van der Waals surface area (Å²) < 4.78 is 7.79. The molecule has 11 nitrogen and oxygen atoms in total. The largest absolute Gasteiger partial charge is 0.490 e. The van der Waals surface area contributed by atoms with E-state index in [1.807, 2.05) is 44.3 Å². The van der Waals surface area contributed by atoms with Crippen molar-refractivity contribution in [3.05, 3.63) is 60.3 Å². The second-order valence-electron chi connectivity index (χ2n) is 9.36. The van der Waals surface area contributed by atoms with Gasteiger partial charge in [0, 0.05) is 7.05 Å². The Morgan fingerprint density at radius 3 is 2.78 bits per heavy atom. The van der Waals surface area contributed by atoms with Crippen LogP contribution in [0.3, 0.4) is 0 Å². The van der Waals surface area contributed by atoms with Crippen LogP contribution >= 0.6 is 0 Å². The molecule has 0 aliphatic heterocycles. The number of hydrogen-bond acceptors (Lipinski definition) is 8. The third-order valence-electron chi connectivity index (χ3n) is 6.76. The van der Waals surface area contributed by atoms with Crippen LogP contribution in [0.5, 0.6) is 5.75 Å². The number of aromatic nitrogens is 7. The Balaban J connectivity index is 1.24. The lowest BCUT2D eigenvalue weighted by Crippen LogP contribution is -2.26. The topological polar surface area (TPSA) is 133 Å². The van der Waals surface area contributed by atoms with Crippen molar-refractivity contribution in [1.29, 1.82) is 0 Å². The maximum Gasteiger partial charge on any atom is 0.306 e.